The lowest BCUT2D eigenvalue weighted by Crippen LogP contribution is -2.36. The van der Waals surface area contributed by atoms with E-state index in [0.717, 1.165) is 57.0 Å². The summed E-state index contributed by atoms with van der Waals surface area (Å²) in [6, 6.07) is 6.63. The standard InChI is InChI=1S/C37H49N9O7S3/c1-5-56(50,51)45-26-12-10-25(11-13-26)33-32-22(2)23(3)55-36(32)46-24(4)43-44-35(46)27(40-33)20-31(48)39-15-17-53-19-18-52-16-14-38-30(47)9-7-6-8-29-34-28(21-54-29)41-37(49)42-34/h5,10-13,27-29,34,45H,1,6-9,14-21H2,2-4H3,(H,38,47)(H,39,48)(H2,41,42,49)/t27-,28-,29-,34-/m0/s1. The van der Waals surface area contributed by atoms with Crippen LogP contribution in [-0.2, 0) is 29.1 Å². The number of benzene rings is 1. The number of anilines is 1. The number of hydrogen-bond acceptors (Lipinski definition) is 12. The number of carbonyl (C=O) groups is 3. The molecule has 0 radical (unpaired) electrons. The first-order valence-corrected chi connectivity index (χ1v) is 22.1. The summed E-state index contributed by atoms with van der Waals surface area (Å²) in [4.78, 5) is 43.2. The predicted molar refractivity (Wildman–Crippen MR) is 217 cm³/mol. The van der Waals surface area contributed by atoms with E-state index in [4.69, 9.17) is 14.5 Å². The number of aryl methyl sites for hydroxylation is 2. The number of amides is 4. The molecule has 3 aliphatic heterocycles. The minimum absolute atomic E-state index is 0.00135. The molecule has 2 aromatic heterocycles. The molecule has 0 saturated carbocycles. The van der Waals surface area contributed by atoms with Crippen molar-refractivity contribution in [3.63, 3.8) is 0 Å². The van der Waals surface area contributed by atoms with E-state index in [1.54, 1.807) is 35.6 Å². The van der Waals surface area contributed by atoms with Crippen LogP contribution in [0.1, 0.15) is 71.4 Å². The van der Waals surface area contributed by atoms with Crippen LogP contribution in [0.5, 0.6) is 0 Å². The Labute approximate surface area is 335 Å². The fourth-order valence-electron chi connectivity index (χ4n) is 6.88. The zero-order valence-electron chi connectivity index (χ0n) is 31.8. The maximum atomic E-state index is 13.2. The molecule has 2 fully saturated rings. The molecule has 56 heavy (non-hydrogen) atoms. The van der Waals surface area contributed by atoms with Gasteiger partial charge in [-0.2, -0.15) is 11.8 Å². The minimum atomic E-state index is -3.67. The predicted octanol–water partition coefficient (Wildman–Crippen LogP) is 3.41. The van der Waals surface area contributed by atoms with Gasteiger partial charge < -0.3 is 30.7 Å². The van der Waals surface area contributed by atoms with Gasteiger partial charge in [-0.05, 0) is 51.3 Å². The summed E-state index contributed by atoms with van der Waals surface area (Å²) in [5.74, 6) is 1.96. The van der Waals surface area contributed by atoms with Crippen molar-refractivity contribution in [2.24, 2.45) is 4.99 Å². The van der Waals surface area contributed by atoms with Gasteiger partial charge in [-0.15, -0.1) is 21.5 Å². The Morgan fingerprint density at radius 3 is 2.43 bits per heavy atom. The lowest BCUT2D eigenvalue weighted by molar-refractivity contribution is -0.122. The zero-order chi connectivity index (χ0) is 39.8. The Bertz CT molecular complexity index is 2050. The first kappa shape index (κ1) is 41.3. The fourth-order valence-corrected chi connectivity index (χ4v) is 10.2. The highest BCUT2D eigenvalue weighted by Crippen LogP contribution is 2.39. The Kier molecular flexibility index (Phi) is 13.8. The largest absolute Gasteiger partial charge is 0.377 e. The van der Waals surface area contributed by atoms with E-state index in [9.17, 15) is 22.8 Å². The van der Waals surface area contributed by atoms with Crippen LogP contribution in [0.25, 0.3) is 5.00 Å². The number of ether oxygens (including phenoxy) is 2. The number of urea groups is 1. The van der Waals surface area contributed by atoms with Gasteiger partial charge in [0.05, 0.1) is 50.6 Å². The summed E-state index contributed by atoms with van der Waals surface area (Å²) in [7, 11) is -3.67. The highest BCUT2D eigenvalue weighted by molar-refractivity contribution is 8.00. The van der Waals surface area contributed by atoms with E-state index < -0.39 is 16.1 Å². The van der Waals surface area contributed by atoms with Gasteiger partial charge in [0.1, 0.15) is 16.9 Å². The molecule has 302 valence electrons. The Hall–Kier alpha value is -4.30. The van der Waals surface area contributed by atoms with E-state index in [1.807, 2.05) is 37.1 Å². The Morgan fingerprint density at radius 1 is 1.00 bits per heavy atom. The highest BCUT2D eigenvalue weighted by Gasteiger charge is 2.42. The van der Waals surface area contributed by atoms with E-state index >= 15 is 0 Å². The maximum absolute atomic E-state index is 13.2. The molecule has 0 aliphatic carbocycles. The quantitative estimate of drug-likeness (QED) is 0.0829. The number of unbranched alkanes of at least 4 members (excludes halogenated alkanes) is 1. The lowest BCUT2D eigenvalue weighted by atomic mass is 9.99. The molecule has 1 aromatic carbocycles. The number of rotatable bonds is 20. The molecule has 5 heterocycles. The van der Waals surface area contributed by atoms with Gasteiger partial charge in [-0.25, -0.2) is 13.2 Å². The number of sulfonamides is 1. The molecule has 4 amide bonds. The second-order valence-corrected chi connectivity index (χ2v) is 17.9. The SMILES string of the molecule is C=CS(=O)(=O)Nc1ccc(C2=N[C@@H](CC(=O)NCCOCCOCCNC(=O)CCCC[C@@H]3SC[C@@H]4NC(=O)N[C@@H]43)c3nnc(C)n3-c3sc(C)c(C)c32)cc1. The van der Waals surface area contributed by atoms with Gasteiger partial charge in [-0.1, -0.05) is 25.1 Å². The minimum Gasteiger partial charge on any atom is -0.377 e. The van der Waals surface area contributed by atoms with Crippen molar-refractivity contribution in [1.29, 1.82) is 0 Å². The van der Waals surface area contributed by atoms with Gasteiger partial charge in [0.2, 0.25) is 11.8 Å². The second kappa shape index (κ2) is 18.8. The molecule has 0 unspecified atom stereocenters. The Morgan fingerprint density at radius 2 is 1.71 bits per heavy atom. The van der Waals surface area contributed by atoms with Crippen molar-refractivity contribution in [3.05, 3.63) is 69.5 Å². The van der Waals surface area contributed by atoms with Crippen LogP contribution in [-0.4, -0.2) is 109 Å². The molecule has 0 spiro atoms. The third-order valence-corrected chi connectivity index (χ3v) is 13.5. The van der Waals surface area contributed by atoms with Crippen molar-refractivity contribution >= 4 is 62.4 Å². The summed E-state index contributed by atoms with van der Waals surface area (Å²) in [5.41, 5.74) is 3.79. The fraction of sp³-hybridized carbons (Fsp3) is 0.514. The van der Waals surface area contributed by atoms with Gasteiger partial charge in [0, 0.05) is 57.6 Å². The monoisotopic (exact) mass is 827 g/mol. The molecule has 5 N–H and O–H groups in total. The smallest absolute Gasteiger partial charge is 0.315 e. The molecular weight excluding hydrogens is 779 g/mol. The number of fused-ring (bicyclic) bond motifs is 4. The van der Waals surface area contributed by atoms with Crippen molar-refractivity contribution in [2.75, 3.05) is 50.0 Å². The van der Waals surface area contributed by atoms with Crippen LogP contribution in [0.4, 0.5) is 10.5 Å². The summed E-state index contributed by atoms with van der Waals surface area (Å²) in [5, 5.41) is 22.7. The highest BCUT2D eigenvalue weighted by atomic mass is 32.2. The van der Waals surface area contributed by atoms with Gasteiger partial charge >= 0.3 is 6.03 Å². The van der Waals surface area contributed by atoms with Crippen LogP contribution in [0, 0.1) is 20.8 Å². The van der Waals surface area contributed by atoms with Gasteiger partial charge in [0.25, 0.3) is 10.0 Å². The van der Waals surface area contributed by atoms with Crippen molar-refractivity contribution < 1.29 is 32.3 Å². The number of aliphatic imine (C=N–C) groups is 1. The lowest BCUT2D eigenvalue weighted by Gasteiger charge is -2.16. The summed E-state index contributed by atoms with van der Waals surface area (Å²) >= 11 is 3.49. The third-order valence-electron chi connectivity index (χ3n) is 9.85. The van der Waals surface area contributed by atoms with E-state index in [-0.39, 0.29) is 36.3 Å². The molecule has 2 saturated heterocycles. The molecule has 0 bridgehead atoms. The van der Waals surface area contributed by atoms with Crippen LogP contribution in [0.3, 0.4) is 0 Å². The summed E-state index contributed by atoms with van der Waals surface area (Å²) in [6.07, 6.45) is 3.22. The second-order valence-electron chi connectivity index (χ2n) is 13.8. The third kappa shape index (κ3) is 10.2. The number of thioether (sulfide) groups is 1. The van der Waals surface area contributed by atoms with Crippen molar-refractivity contribution in [2.45, 2.75) is 76.3 Å². The number of nitrogens with one attached hydrogen (secondary N) is 5. The van der Waals surface area contributed by atoms with E-state index in [2.05, 4.69) is 42.8 Å². The molecule has 3 aliphatic rings. The first-order valence-electron chi connectivity index (χ1n) is 18.7. The van der Waals surface area contributed by atoms with Gasteiger partial charge in [-0.3, -0.25) is 23.9 Å². The molecule has 4 atom stereocenters. The van der Waals surface area contributed by atoms with Gasteiger partial charge in [0.15, 0.2) is 5.82 Å². The molecule has 6 rings (SSSR count). The topological polar surface area (TPSA) is 207 Å². The normalized spacial score (nSPS) is 19.8. The summed E-state index contributed by atoms with van der Waals surface area (Å²) < 4.78 is 39.7. The molecule has 16 nitrogen and oxygen atoms in total. The number of hydrogen-bond donors (Lipinski definition) is 5. The number of nitrogens with zero attached hydrogens (tertiary/aromatic N) is 4. The maximum Gasteiger partial charge on any atom is 0.315 e. The average molecular weight is 828 g/mol. The van der Waals surface area contributed by atoms with Crippen molar-refractivity contribution in [1.82, 2.24) is 36.0 Å². The number of thiophene rings is 1. The Balaban J connectivity index is 0.914. The van der Waals surface area contributed by atoms with Crippen LogP contribution in [0.15, 0.2) is 41.2 Å². The van der Waals surface area contributed by atoms with E-state index in [1.165, 1.54) is 0 Å². The molecule has 3 aromatic rings. The van der Waals surface area contributed by atoms with Crippen LogP contribution < -0.4 is 26.0 Å². The molecular formula is C37H49N9O7S3. The van der Waals surface area contributed by atoms with Crippen LogP contribution in [0.2, 0.25) is 0 Å². The van der Waals surface area contributed by atoms with Crippen molar-refractivity contribution in [3.8, 4) is 5.00 Å². The average Bonchev–Trinajstić information content (AvgIpc) is 3.90. The zero-order valence-corrected chi connectivity index (χ0v) is 34.2. The van der Waals surface area contributed by atoms with E-state index in [0.29, 0.717) is 74.2 Å². The number of aromatic nitrogens is 3. The molecule has 19 heteroatoms. The number of carbonyl (C=O) groups excluding carboxylic acids is 3. The van der Waals surface area contributed by atoms with Crippen LogP contribution >= 0.6 is 23.1 Å². The first-order chi connectivity index (χ1) is 26.9. The summed E-state index contributed by atoms with van der Waals surface area (Å²) in [6.45, 7) is 11.4.